The largest absolute Gasteiger partial charge is 0.293 e. The van der Waals surface area contributed by atoms with Gasteiger partial charge in [0.05, 0.1) is 0 Å². The highest BCUT2D eigenvalue weighted by Crippen LogP contribution is 2.26. The van der Waals surface area contributed by atoms with Gasteiger partial charge in [-0.1, -0.05) is 52.5 Å². The molecule has 2 aromatic carbocycles. The summed E-state index contributed by atoms with van der Waals surface area (Å²) in [6.07, 6.45) is 0.404. The van der Waals surface area contributed by atoms with E-state index in [0.29, 0.717) is 21.2 Å². The van der Waals surface area contributed by atoms with E-state index in [2.05, 4.69) is 9.59 Å². The van der Waals surface area contributed by atoms with Crippen molar-refractivity contribution in [1.29, 1.82) is 0 Å². The molecule has 0 saturated carbocycles. The molecule has 3 aromatic rings. The third-order valence-corrected chi connectivity index (χ3v) is 4.57. The average Bonchev–Trinajstić information content (AvgIpc) is 3.05. The Labute approximate surface area is 141 Å². The van der Waals surface area contributed by atoms with Crippen molar-refractivity contribution in [3.8, 4) is 11.3 Å². The number of Topliss-reactive ketones (excluding diaryl/α,β-unsaturated/α-hetero) is 1. The van der Waals surface area contributed by atoms with Crippen LogP contribution in [0.15, 0.2) is 48.5 Å². The maximum Gasteiger partial charge on any atom is 0.177 e. The molecule has 0 bridgehead atoms. The lowest BCUT2D eigenvalue weighted by Gasteiger charge is -2.05. The molecule has 0 N–H and O–H groups in total. The number of carbonyl (C=O) groups excluding carboxylic acids is 1. The predicted octanol–water partition coefficient (Wildman–Crippen LogP) is 4.81. The summed E-state index contributed by atoms with van der Waals surface area (Å²) < 4.78 is 17.7. The molecule has 6 heteroatoms. The minimum atomic E-state index is -0.393. The van der Waals surface area contributed by atoms with E-state index >= 15 is 0 Å². The van der Waals surface area contributed by atoms with Crippen LogP contribution in [-0.2, 0) is 6.42 Å². The Kier molecular flexibility index (Phi) is 4.79. The highest BCUT2D eigenvalue weighted by Gasteiger charge is 2.18. The molecule has 1 aromatic heterocycles. The lowest BCUT2D eigenvalue weighted by atomic mass is 10.0. The number of halogens is 2. The van der Waals surface area contributed by atoms with E-state index in [0.717, 1.165) is 17.1 Å². The highest BCUT2D eigenvalue weighted by molar-refractivity contribution is 7.08. The Hall–Kier alpha value is -2.11. The Morgan fingerprint density at radius 2 is 1.91 bits per heavy atom. The molecule has 0 radical (unpaired) electrons. The van der Waals surface area contributed by atoms with Gasteiger partial charge < -0.3 is 0 Å². The van der Waals surface area contributed by atoms with Crippen molar-refractivity contribution in [3.63, 3.8) is 0 Å². The van der Waals surface area contributed by atoms with Gasteiger partial charge in [0.15, 0.2) is 5.78 Å². The third-order valence-electron chi connectivity index (χ3n) is 3.45. The summed E-state index contributed by atoms with van der Waals surface area (Å²) in [7, 11) is 0. The van der Waals surface area contributed by atoms with Crippen molar-refractivity contribution in [2.75, 3.05) is 0 Å². The second-order valence-electron chi connectivity index (χ2n) is 4.94. The molecule has 0 fully saturated rings. The van der Waals surface area contributed by atoms with E-state index in [1.54, 1.807) is 12.1 Å². The molecule has 0 aliphatic carbocycles. The average molecular weight is 347 g/mol. The van der Waals surface area contributed by atoms with Crippen molar-refractivity contribution < 1.29 is 9.18 Å². The molecular weight excluding hydrogens is 335 g/mol. The molecule has 1 heterocycles. The number of nitrogens with zero attached hydrogens (tertiary/aromatic N) is 2. The van der Waals surface area contributed by atoms with Crippen LogP contribution in [0.2, 0.25) is 5.02 Å². The molecule has 0 aliphatic rings. The Bertz CT molecular complexity index is 815. The van der Waals surface area contributed by atoms with Crippen LogP contribution < -0.4 is 0 Å². The number of ketones is 1. The maximum absolute atomic E-state index is 13.8. The predicted molar refractivity (Wildman–Crippen MR) is 89.4 cm³/mol. The zero-order valence-corrected chi connectivity index (χ0v) is 13.6. The number of carbonyl (C=O) groups is 1. The zero-order valence-electron chi connectivity index (χ0n) is 12.0. The molecule has 23 heavy (non-hydrogen) atoms. The molecule has 0 amide bonds. The standard InChI is InChI=1S/C17H12ClFN2OS/c18-13-7-4-8-14(19)12(13)9-10-15(22)17-16(20-21-23-17)11-5-2-1-3-6-11/h1-8H,9-10H2. The molecule has 0 unspecified atom stereocenters. The van der Waals surface area contributed by atoms with Gasteiger partial charge in [-0.25, -0.2) is 4.39 Å². The fourth-order valence-corrected chi connectivity index (χ4v) is 3.19. The normalized spacial score (nSPS) is 10.7. The summed E-state index contributed by atoms with van der Waals surface area (Å²) in [5.41, 5.74) is 1.77. The van der Waals surface area contributed by atoms with Gasteiger partial charge in [-0.05, 0) is 30.1 Å². The zero-order chi connectivity index (χ0) is 16.2. The molecule has 0 spiro atoms. The SMILES string of the molecule is O=C(CCc1c(F)cccc1Cl)c1snnc1-c1ccccc1. The minimum absolute atomic E-state index is 0.113. The topological polar surface area (TPSA) is 42.9 Å². The Morgan fingerprint density at radius 3 is 2.65 bits per heavy atom. The van der Waals surface area contributed by atoms with Gasteiger partial charge >= 0.3 is 0 Å². The van der Waals surface area contributed by atoms with Gasteiger partial charge in [-0.3, -0.25) is 4.79 Å². The minimum Gasteiger partial charge on any atom is -0.293 e. The van der Waals surface area contributed by atoms with Gasteiger partial charge in [-0.15, -0.1) is 5.10 Å². The van der Waals surface area contributed by atoms with E-state index in [4.69, 9.17) is 11.6 Å². The third kappa shape index (κ3) is 3.46. The Morgan fingerprint density at radius 1 is 1.13 bits per heavy atom. The van der Waals surface area contributed by atoms with E-state index in [1.807, 2.05) is 30.3 Å². The summed E-state index contributed by atoms with van der Waals surface area (Å²) in [4.78, 5) is 13.0. The molecule has 3 rings (SSSR count). The number of aromatic nitrogens is 2. The summed E-state index contributed by atoms with van der Waals surface area (Å²) in [5, 5.41) is 4.38. The first-order chi connectivity index (χ1) is 11.2. The summed E-state index contributed by atoms with van der Waals surface area (Å²) >= 11 is 7.05. The second kappa shape index (κ2) is 6.98. The Balaban J connectivity index is 1.79. The number of rotatable bonds is 5. The van der Waals surface area contributed by atoms with E-state index in [9.17, 15) is 9.18 Å². The van der Waals surface area contributed by atoms with E-state index in [-0.39, 0.29) is 18.6 Å². The molecular formula is C17H12ClFN2OS. The fraction of sp³-hybridized carbons (Fsp3) is 0.118. The molecule has 0 atom stereocenters. The van der Waals surface area contributed by atoms with Crippen LogP contribution in [0.1, 0.15) is 21.7 Å². The van der Waals surface area contributed by atoms with Crippen molar-refractivity contribution in [2.45, 2.75) is 12.8 Å². The van der Waals surface area contributed by atoms with Gasteiger partial charge in [0.25, 0.3) is 0 Å². The van der Waals surface area contributed by atoms with Crippen LogP contribution in [-0.4, -0.2) is 15.4 Å². The highest BCUT2D eigenvalue weighted by atomic mass is 35.5. The quantitative estimate of drug-likeness (QED) is 0.622. The van der Waals surface area contributed by atoms with Gasteiger partial charge in [0, 0.05) is 22.6 Å². The van der Waals surface area contributed by atoms with Crippen molar-refractivity contribution in [1.82, 2.24) is 9.59 Å². The van der Waals surface area contributed by atoms with Gasteiger partial charge in [0.2, 0.25) is 0 Å². The first-order valence-electron chi connectivity index (χ1n) is 7.00. The monoisotopic (exact) mass is 346 g/mol. The number of benzene rings is 2. The summed E-state index contributed by atoms with van der Waals surface area (Å²) in [6.45, 7) is 0. The van der Waals surface area contributed by atoms with Crippen LogP contribution in [0, 0.1) is 5.82 Å². The fourth-order valence-electron chi connectivity index (χ4n) is 2.28. The van der Waals surface area contributed by atoms with Gasteiger partial charge in [0.1, 0.15) is 16.4 Å². The van der Waals surface area contributed by atoms with E-state index in [1.165, 1.54) is 6.07 Å². The molecule has 3 nitrogen and oxygen atoms in total. The summed E-state index contributed by atoms with van der Waals surface area (Å²) in [6, 6.07) is 13.9. The van der Waals surface area contributed by atoms with Crippen molar-refractivity contribution >= 4 is 28.9 Å². The molecule has 0 aliphatic heterocycles. The number of hydrogen-bond acceptors (Lipinski definition) is 4. The van der Waals surface area contributed by atoms with Crippen LogP contribution in [0.4, 0.5) is 4.39 Å². The number of hydrogen-bond donors (Lipinski definition) is 0. The van der Waals surface area contributed by atoms with Crippen molar-refractivity contribution in [2.24, 2.45) is 0 Å². The van der Waals surface area contributed by atoms with Crippen LogP contribution >= 0.6 is 23.1 Å². The van der Waals surface area contributed by atoms with Crippen LogP contribution in [0.5, 0.6) is 0 Å². The molecule has 116 valence electrons. The van der Waals surface area contributed by atoms with E-state index < -0.39 is 5.82 Å². The molecule has 0 saturated heterocycles. The maximum atomic E-state index is 13.8. The summed E-state index contributed by atoms with van der Waals surface area (Å²) in [5.74, 6) is -0.505. The van der Waals surface area contributed by atoms with Gasteiger partial charge in [-0.2, -0.15) is 0 Å². The van der Waals surface area contributed by atoms with Crippen LogP contribution in [0.3, 0.4) is 0 Å². The lowest BCUT2D eigenvalue weighted by molar-refractivity contribution is 0.0987. The smallest absolute Gasteiger partial charge is 0.177 e. The van der Waals surface area contributed by atoms with Crippen molar-refractivity contribution in [3.05, 3.63) is 69.8 Å². The second-order valence-corrected chi connectivity index (χ2v) is 6.10. The first-order valence-corrected chi connectivity index (χ1v) is 8.16. The van der Waals surface area contributed by atoms with Crippen LogP contribution in [0.25, 0.3) is 11.3 Å². The lowest BCUT2D eigenvalue weighted by Crippen LogP contribution is -2.02. The first kappa shape index (κ1) is 15.8.